The molecule has 1 saturated carbocycles. The standard InChI is InChI=1S/C30H30Cl2F3N7O3/c1-16(27(2,3)4)29(18-6-8-19(31)9-7-18)24(43)42(25(36)39-29)22(14-45-26(44)40-28(11-12-28)30(33,34)35)17-5-10-21(32)20(13-17)23-37-15-38-41-23/h5-10,13,15,22H,1,11-12,14H2,2-4H3,(H2,36,39)(H,40,44)(H,37,38,41)/t22-,29-/m1/s1. The van der Waals surface area contributed by atoms with E-state index < -0.39 is 47.3 Å². The van der Waals surface area contributed by atoms with Gasteiger partial charge in [0, 0.05) is 10.6 Å². The zero-order valence-corrected chi connectivity index (χ0v) is 26.0. The first kappa shape index (κ1) is 32.3. The topological polar surface area (TPSA) is 139 Å². The molecule has 1 aliphatic heterocycles. The second-order valence-electron chi connectivity index (χ2n) is 12.0. The first-order chi connectivity index (χ1) is 21.0. The molecule has 0 spiro atoms. The molecule has 1 aromatic heterocycles. The number of nitrogens with zero attached hydrogens (tertiary/aromatic N) is 4. The number of benzene rings is 2. The van der Waals surface area contributed by atoms with E-state index in [2.05, 4.69) is 26.8 Å². The van der Waals surface area contributed by atoms with Gasteiger partial charge in [0.25, 0.3) is 5.91 Å². The van der Waals surface area contributed by atoms with Crippen LogP contribution in [0.25, 0.3) is 11.4 Å². The van der Waals surface area contributed by atoms with E-state index >= 15 is 0 Å². The van der Waals surface area contributed by atoms with E-state index in [0.29, 0.717) is 38.1 Å². The number of nitrogens with two attached hydrogens (primary N) is 1. The van der Waals surface area contributed by atoms with Crippen molar-refractivity contribution in [1.29, 1.82) is 0 Å². The Morgan fingerprint density at radius 2 is 1.84 bits per heavy atom. The van der Waals surface area contributed by atoms with E-state index in [1.54, 1.807) is 42.5 Å². The van der Waals surface area contributed by atoms with Gasteiger partial charge in [-0.25, -0.2) is 14.8 Å². The van der Waals surface area contributed by atoms with Crippen molar-refractivity contribution >= 4 is 41.2 Å². The zero-order chi connectivity index (χ0) is 32.9. The van der Waals surface area contributed by atoms with Crippen molar-refractivity contribution in [2.45, 2.75) is 56.9 Å². The lowest BCUT2D eigenvalue weighted by atomic mass is 9.71. The monoisotopic (exact) mass is 663 g/mol. The smallest absolute Gasteiger partial charge is 0.411 e. The SMILES string of the molecule is C=C(C(C)(C)C)[C@]1(c2ccc(Cl)cc2)N=C(N)N([C@H](COC(=O)NC2(C(F)(F)F)CC2)c2ccc(Cl)c(-c3ncn[nH]3)c2)C1=O. The van der Waals surface area contributed by atoms with Gasteiger partial charge in [-0.1, -0.05) is 68.8 Å². The van der Waals surface area contributed by atoms with Gasteiger partial charge in [-0.3, -0.25) is 14.8 Å². The van der Waals surface area contributed by atoms with Crippen LogP contribution in [0.4, 0.5) is 18.0 Å². The second kappa shape index (κ2) is 11.4. The van der Waals surface area contributed by atoms with Gasteiger partial charge < -0.3 is 15.8 Å². The molecule has 0 bridgehead atoms. The van der Waals surface area contributed by atoms with Crippen molar-refractivity contribution in [3.05, 3.63) is 82.1 Å². The molecule has 0 radical (unpaired) electrons. The quantitative estimate of drug-likeness (QED) is 0.242. The maximum absolute atomic E-state index is 14.7. The summed E-state index contributed by atoms with van der Waals surface area (Å²) in [5.74, 6) is -0.521. The number of amides is 2. The van der Waals surface area contributed by atoms with Crippen molar-refractivity contribution in [3.8, 4) is 11.4 Å². The third-order valence-electron chi connectivity index (χ3n) is 8.02. The molecular weight excluding hydrogens is 634 g/mol. The molecule has 2 amide bonds. The number of aromatic nitrogens is 3. The molecule has 0 unspecified atom stereocenters. The lowest BCUT2D eigenvalue weighted by Crippen LogP contribution is -2.50. The normalized spacial score (nSPS) is 20.0. The molecule has 1 fully saturated rings. The number of nitrogens with one attached hydrogen (secondary N) is 2. The number of H-pyrrole nitrogens is 1. The van der Waals surface area contributed by atoms with Gasteiger partial charge >= 0.3 is 12.3 Å². The summed E-state index contributed by atoms with van der Waals surface area (Å²) in [7, 11) is 0. The van der Waals surface area contributed by atoms with Crippen LogP contribution in [-0.2, 0) is 15.1 Å². The highest BCUT2D eigenvalue weighted by Crippen LogP contribution is 2.50. The van der Waals surface area contributed by atoms with Crippen molar-refractivity contribution in [2.24, 2.45) is 16.1 Å². The van der Waals surface area contributed by atoms with Gasteiger partial charge in [-0.2, -0.15) is 18.3 Å². The van der Waals surface area contributed by atoms with Gasteiger partial charge in [-0.15, -0.1) is 0 Å². The Bertz CT molecular complexity index is 1670. The number of halogens is 5. The Hall–Kier alpha value is -4.10. The van der Waals surface area contributed by atoms with E-state index in [1.807, 2.05) is 26.1 Å². The predicted octanol–water partition coefficient (Wildman–Crippen LogP) is 6.30. The van der Waals surface area contributed by atoms with Crippen molar-refractivity contribution in [3.63, 3.8) is 0 Å². The number of carbonyl (C=O) groups is 2. The fourth-order valence-corrected chi connectivity index (χ4v) is 5.56. The summed E-state index contributed by atoms with van der Waals surface area (Å²) < 4.78 is 45.9. The minimum absolute atomic E-state index is 0.223. The highest BCUT2D eigenvalue weighted by Gasteiger charge is 2.64. The van der Waals surface area contributed by atoms with E-state index in [9.17, 15) is 22.8 Å². The summed E-state index contributed by atoms with van der Waals surface area (Å²) in [5, 5.41) is 9.22. The summed E-state index contributed by atoms with van der Waals surface area (Å²) in [6.45, 7) is 9.28. The van der Waals surface area contributed by atoms with Crippen LogP contribution in [0, 0.1) is 5.41 Å². The van der Waals surface area contributed by atoms with Crippen LogP contribution in [0.15, 0.2) is 65.9 Å². The van der Waals surface area contributed by atoms with Gasteiger partial charge in [0.05, 0.1) is 11.1 Å². The summed E-state index contributed by atoms with van der Waals surface area (Å²) in [4.78, 5) is 37.4. The van der Waals surface area contributed by atoms with Crippen molar-refractivity contribution in [1.82, 2.24) is 25.4 Å². The Balaban J connectivity index is 1.58. The number of aromatic amines is 1. The summed E-state index contributed by atoms with van der Waals surface area (Å²) in [5.41, 5.74) is 3.45. The Morgan fingerprint density at radius 1 is 1.18 bits per heavy atom. The number of guanidine groups is 1. The molecular formula is C30H30Cl2F3N7O3. The van der Waals surface area contributed by atoms with E-state index in [-0.39, 0.29) is 18.8 Å². The third kappa shape index (κ3) is 5.86. The van der Waals surface area contributed by atoms with Crippen molar-refractivity contribution < 1.29 is 27.5 Å². The molecule has 2 aliphatic rings. The lowest BCUT2D eigenvalue weighted by molar-refractivity contribution is -0.164. The molecule has 5 rings (SSSR count). The lowest BCUT2D eigenvalue weighted by Gasteiger charge is -2.37. The number of aliphatic imine (C=N–C) groups is 1. The van der Waals surface area contributed by atoms with Crippen LogP contribution in [0.3, 0.4) is 0 Å². The van der Waals surface area contributed by atoms with Crippen LogP contribution in [-0.4, -0.2) is 56.4 Å². The summed E-state index contributed by atoms with van der Waals surface area (Å²) in [6.07, 6.45) is -5.21. The molecule has 2 aromatic carbocycles. The second-order valence-corrected chi connectivity index (χ2v) is 12.8. The highest BCUT2D eigenvalue weighted by atomic mass is 35.5. The van der Waals surface area contributed by atoms with Crippen LogP contribution in [0.2, 0.25) is 10.0 Å². The number of alkyl carbamates (subject to hydrolysis) is 1. The third-order valence-corrected chi connectivity index (χ3v) is 8.61. The number of carbonyl (C=O) groups excluding carboxylic acids is 2. The van der Waals surface area contributed by atoms with E-state index in [0.717, 1.165) is 4.90 Å². The molecule has 3 aromatic rings. The molecule has 2 atom stereocenters. The fraction of sp³-hybridized carbons (Fsp3) is 0.367. The maximum atomic E-state index is 14.7. The molecule has 1 aliphatic carbocycles. The first-order valence-electron chi connectivity index (χ1n) is 13.8. The molecule has 15 heteroatoms. The molecule has 238 valence electrons. The maximum Gasteiger partial charge on any atom is 0.411 e. The largest absolute Gasteiger partial charge is 0.447 e. The molecule has 2 heterocycles. The number of ether oxygens (including phenoxy) is 1. The predicted molar refractivity (Wildman–Crippen MR) is 162 cm³/mol. The summed E-state index contributed by atoms with van der Waals surface area (Å²) >= 11 is 12.6. The summed E-state index contributed by atoms with van der Waals surface area (Å²) in [6, 6.07) is 10.1. The van der Waals surface area contributed by atoms with Gasteiger partial charge in [0.15, 0.2) is 11.4 Å². The fourth-order valence-electron chi connectivity index (χ4n) is 5.22. The van der Waals surface area contributed by atoms with Crippen LogP contribution >= 0.6 is 23.2 Å². The van der Waals surface area contributed by atoms with Gasteiger partial charge in [0.1, 0.15) is 18.5 Å². The Labute approximate surface area is 266 Å². The van der Waals surface area contributed by atoms with E-state index in [4.69, 9.17) is 33.7 Å². The molecule has 45 heavy (non-hydrogen) atoms. The van der Waals surface area contributed by atoms with Gasteiger partial charge in [-0.05, 0) is 59.2 Å². The number of hydrogen-bond acceptors (Lipinski definition) is 7. The number of alkyl halides is 3. The molecule has 4 N–H and O–H groups in total. The highest BCUT2D eigenvalue weighted by molar-refractivity contribution is 6.33. The Kier molecular flexibility index (Phi) is 8.15. The van der Waals surface area contributed by atoms with Gasteiger partial charge in [0.2, 0.25) is 5.96 Å². The molecule has 10 nitrogen and oxygen atoms in total. The Morgan fingerprint density at radius 3 is 2.40 bits per heavy atom. The van der Waals surface area contributed by atoms with Crippen LogP contribution in [0.5, 0.6) is 0 Å². The van der Waals surface area contributed by atoms with Crippen molar-refractivity contribution in [2.75, 3.05) is 6.61 Å². The van der Waals surface area contributed by atoms with E-state index in [1.165, 1.54) is 6.33 Å². The minimum atomic E-state index is -4.65. The zero-order valence-electron chi connectivity index (χ0n) is 24.5. The van der Waals surface area contributed by atoms with Crippen LogP contribution < -0.4 is 11.1 Å². The molecule has 0 saturated heterocycles. The number of rotatable bonds is 8. The van der Waals surface area contributed by atoms with Crippen LogP contribution in [0.1, 0.15) is 50.8 Å². The first-order valence-corrected chi connectivity index (χ1v) is 14.6. The average molecular weight is 665 g/mol. The minimum Gasteiger partial charge on any atom is -0.447 e. The number of hydrogen-bond donors (Lipinski definition) is 3. The average Bonchev–Trinajstić information content (AvgIpc) is 3.45.